The minimum atomic E-state index is -0.639. The monoisotopic (exact) mass is 1740 g/mol. The minimum absolute atomic E-state index is 0. The van der Waals surface area contributed by atoms with Crippen LogP contribution in [-0.2, 0) is 28.8 Å². The molecule has 0 spiro atoms. The van der Waals surface area contributed by atoms with Crippen LogP contribution in [0.4, 0.5) is 52.4 Å². The van der Waals surface area contributed by atoms with E-state index in [9.17, 15) is 29.1 Å². The third kappa shape index (κ3) is 27.0. The first-order valence-corrected chi connectivity index (χ1v) is 38.0. The fourth-order valence-electron chi connectivity index (χ4n) is 11.5. The molecule has 0 fully saturated rings. The molecule has 0 bridgehead atoms. The second kappa shape index (κ2) is 46.7. The molecule has 0 saturated heterocycles. The summed E-state index contributed by atoms with van der Waals surface area (Å²) in [5.74, 6) is 6.31. The van der Waals surface area contributed by atoms with Gasteiger partial charge in [0, 0.05) is 107 Å². The van der Waals surface area contributed by atoms with Crippen molar-refractivity contribution in [1.82, 2.24) is 58.6 Å². The largest absolute Gasteiger partial charge is 1.00 e. The third-order valence-corrected chi connectivity index (χ3v) is 17.9. The number of ether oxygens (including phenoxy) is 8. The van der Waals surface area contributed by atoms with Gasteiger partial charge in [-0.15, -0.1) is 0 Å². The van der Waals surface area contributed by atoms with Gasteiger partial charge in [0.1, 0.15) is 41.1 Å². The molecule has 1 aliphatic heterocycles. The van der Waals surface area contributed by atoms with Gasteiger partial charge in [0.2, 0.25) is 23.8 Å². The summed E-state index contributed by atoms with van der Waals surface area (Å²) in [6.45, 7) is 15.5. The molecule has 1 aliphatic rings. The Bertz CT molecular complexity index is 5550. The van der Waals surface area contributed by atoms with Gasteiger partial charge < -0.3 is 101 Å². The number of hydrogen-bond donors (Lipinski definition) is 6. The third-order valence-electron chi connectivity index (χ3n) is 17.4. The predicted molar refractivity (Wildman–Crippen MR) is 460 cm³/mol. The van der Waals surface area contributed by atoms with E-state index >= 15 is 0 Å². The molecule has 633 valence electrons. The number of rotatable bonds is 24. The first-order valence-electron chi connectivity index (χ1n) is 36.9. The van der Waals surface area contributed by atoms with Crippen molar-refractivity contribution in [2.45, 2.75) is 68.4 Å². The summed E-state index contributed by atoms with van der Waals surface area (Å²) in [6, 6.07) is 34.0. The summed E-state index contributed by atoms with van der Waals surface area (Å²) in [5.41, 5.74) is 13.1. The number of ketones is 2. The quantitative estimate of drug-likeness (QED) is 0.0108. The van der Waals surface area contributed by atoms with Crippen LogP contribution in [0.1, 0.15) is 86.9 Å². The van der Waals surface area contributed by atoms with Crippen molar-refractivity contribution < 1.29 is 111 Å². The Morgan fingerprint density at radius 2 is 0.902 bits per heavy atom. The Morgan fingerprint density at radius 3 is 1.28 bits per heavy atom. The molecule has 1 atom stereocenters. The maximum Gasteiger partial charge on any atom is 1.00 e. The Kier molecular flexibility index (Phi) is 36.6. The number of imidazole rings is 3. The van der Waals surface area contributed by atoms with Crippen molar-refractivity contribution in [3.05, 3.63) is 216 Å². The number of nitrogens with zero attached hydrogens (tertiary/aromatic N) is 13. The maximum absolute atomic E-state index is 12.7. The van der Waals surface area contributed by atoms with Crippen LogP contribution in [0.15, 0.2) is 165 Å². The normalized spacial score (nSPS) is 11.2. The second-order valence-electron chi connectivity index (χ2n) is 26.1. The summed E-state index contributed by atoms with van der Waals surface area (Å²) in [4.78, 5) is 102. The average molecular weight is 1740 g/mol. The van der Waals surface area contributed by atoms with Gasteiger partial charge in [-0.1, -0.05) is 22.0 Å². The van der Waals surface area contributed by atoms with Crippen LogP contribution in [0.25, 0.3) is 17.1 Å². The van der Waals surface area contributed by atoms with Gasteiger partial charge in [-0.3, -0.25) is 14.4 Å². The molecule has 38 heteroatoms. The van der Waals surface area contributed by atoms with E-state index in [4.69, 9.17) is 42.9 Å². The van der Waals surface area contributed by atoms with Gasteiger partial charge in [0.05, 0.1) is 126 Å². The van der Waals surface area contributed by atoms with E-state index in [2.05, 4.69) is 123 Å². The molecule has 6 aromatic heterocycles. The Balaban J connectivity index is 0.000000221. The number of nitrogens with one attached hydrogen (secondary N) is 5. The standard InChI is InChI=1S/C26H28N6O4.C26H28N6O3.C16H18N6O2.C10H11BrO2.C4H6O4.C2H3BO2.Na/c1-16-10-19(34-4)7-8-20(16)22(33)14-36-24-12-28-26(31-25(24)27-3)30-18-6-9-21(23(11-18)35-5)32-13-17(2)29-15-32;1-16-10-19(33-4)7-8-20(16)22-14-35-24-12-27-26(30-25(24)31(22)3)29-18-6-9-21(23(11-18)34-5)32-13-17(2)28-15-32;1-10-8-22(9-19-10)12-5-4-11(6-14(12)24-3)20-16-18-7-13(23)15(17-2)21-16;1-7-5-8(13-2)3-4-9(7)10(12)6-11;1-3(5)7-8-4(2)6;1-2(4)5-3;/h6-13,15H,14H2,1-5H3,(H2,27,28,30,31);6-13,15,22H,14H2,1-5H3,(H,27,29,30);4-9,23H,1-3H3,(H2,17,18,20,21);3-5H,6H2,1-2H3;1-2H3;1H3;/q;;;;;-1;+1. The molecule has 7 heterocycles. The molecular weight excluding hydrogens is 1650 g/mol. The molecule has 0 saturated carbocycles. The number of anilines is 9. The Labute approximate surface area is 737 Å². The van der Waals surface area contributed by atoms with Crippen LogP contribution in [0.2, 0.25) is 0 Å². The molecule has 1 unspecified atom stereocenters. The summed E-state index contributed by atoms with van der Waals surface area (Å²) in [5, 5.41) is 25.3. The number of carbonyl (C=O) groups is 5. The Hall–Kier alpha value is -13.5. The molecule has 6 aromatic carbocycles. The van der Waals surface area contributed by atoms with Gasteiger partial charge in [0.15, 0.2) is 52.9 Å². The van der Waals surface area contributed by atoms with Crippen LogP contribution in [0.3, 0.4) is 0 Å². The molecular formula is C84H94BBrN18NaO17. The van der Waals surface area contributed by atoms with E-state index in [1.807, 2.05) is 153 Å². The van der Waals surface area contributed by atoms with Crippen molar-refractivity contribution in [2.75, 3.05) is 114 Å². The second-order valence-corrected chi connectivity index (χ2v) is 26.6. The maximum atomic E-state index is 12.7. The van der Waals surface area contributed by atoms with Gasteiger partial charge in [0.25, 0.3) is 0 Å². The van der Waals surface area contributed by atoms with Gasteiger partial charge in [-0.25, -0.2) is 49.3 Å². The summed E-state index contributed by atoms with van der Waals surface area (Å²) >= 11 is 3.14. The van der Waals surface area contributed by atoms with Crippen molar-refractivity contribution in [1.29, 1.82) is 0 Å². The van der Waals surface area contributed by atoms with Crippen molar-refractivity contribution in [2.24, 2.45) is 0 Å². The summed E-state index contributed by atoms with van der Waals surface area (Å²) in [7, 11) is 19.5. The number of methoxy groups -OCH3 is 6. The minimum Gasteiger partial charge on any atom is -0.793 e. The Morgan fingerprint density at radius 1 is 0.500 bits per heavy atom. The predicted octanol–water partition coefficient (Wildman–Crippen LogP) is 10.7. The summed E-state index contributed by atoms with van der Waals surface area (Å²) in [6.07, 6.45) is 15.6. The molecule has 0 amide bonds. The SMILES string of the molecule is CC(=O)OOC(C)=O.CNc1nc(Nc2ccc(-n3cnc(C)c3)c(OC)c2)ncc1O.CNc1nc(Nc2ccc(-n3cnc(C)c3)c(OC)c2)ncc1OCC(=O)c1ccc(OC)cc1C.COc1ccc(C(=O)CBr)c(C)c1.COc1ccc(C2COc3cnc(Nc4ccc(-n5cnc(C)c5)c(OC)c4)nc3N2C)c(C)c1.[B-]OC(C)=O.[Na+]. The van der Waals surface area contributed by atoms with Crippen molar-refractivity contribution >= 4 is 106 Å². The van der Waals surface area contributed by atoms with Crippen LogP contribution < -0.4 is 98.9 Å². The fraction of sp³-hybridized carbons (Fsp3) is 0.262. The molecule has 12 aromatic rings. The van der Waals surface area contributed by atoms with E-state index in [1.54, 1.807) is 106 Å². The van der Waals surface area contributed by atoms with Crippen molar-refractivity contribution in [3.8, 4) is 68.8 Å². The smallest absolute Gasteiger partial charge is 0.793 e. The van der Waals surface area contributed by atoms with Crippen LogP contribution >= 0.6 is 15.9 Å². The molecule has 122 heavy (non-hydrogen) atoms. The number of alkyl halides is 1. The van der Waals surface area contributed by atoms with Crippen LogP contribution in [0, 0.1) is 41.5 Å². The van der Waals surface area contributed by atoms with Crippen LogP contribution in [0.5, 0.6) is 51.7 Å². The molecule has 35 nitrogen and oxygen atoms in total. The number of aromatic hydroxyl groups is 1. The van der Waals surface area contributed by atoms with Crippen molar-refractivity contribution in [3.63, 3.8) is 0 Å². The zero-order valence-electron chi connectivity index (χ0n) is 71.0. The number of Topliss-reactive ketones (excluding diaryl/α,β-unsaturated/α-hetero) is 2. The number of fused-ring (bicyclic) bond motifs is 1. The number of aromatic nitrogens is 12. The fourth-order valence-corrected chi connectivity index (χ4v) is 11.8. The summed E-state index contributed by atoms with van der Waals surface area (Å²) < 4.78 is 53.3. The number of likely N-dealkylation sites (N-methyl/N-ethyl adjacent to an activating group) is 1. The average Bonchev–Trinajstić information content (AvgIpc) is 1.01. The number of halogens is 1. The first-order chi connectivity index (χ1) is 58.1. The van der Waals surface area contributed by atoms with Gasteiger partial charge >= 0.3 is 41.5 Å². The van der Waals surface area contributed by atoms with E-state index in [1.165, 1.54) is 24.9 Å². The molecule has 3 radical (unpaired) electrons. The zero-order chi connectivity index (χ0) is 88.0. The molecule has 6 N–H and O–H groups in total. The van der Waals surface area contributed by atoms with E-state index in [0.717, 1.165) is 105 Å². The van der Waals surface area contributed by atoms with E-state index < -0.39 is 17.9 Å². The number of hydrogen-bond acceptors (Lipinski definition) is 32. The molecule has 13 rings (SSSR count). The topological polar surface area (TPSA) is 401 Å². The number of aryl methyl sites for hydroxylation is 6. The van der Waals surface area contributed by atoms with E-state index in [-0.39, 0.29) is 59.5 Å². The number of benzene rings is 6. The zero-order valence-corrected chi connectivity index (χ0v) is 74.6. The van der Waals surface area contributed by atoms with Gasteiger partial charge in [-0.2, -0.15) is 15.0 Å². The van der Waals surface area contributed by atoms with Crippen LogP contribution in [-0.4, -0.2) is 184 Å². The number of carbonyl (C=O) groups excluding carboxylic acids is 5. The van der Waals surface area contributed by atoms with Gasteiger partial charge in [-0.05, 0) is 149 Å². The van der Waals surface area contributed by atoms with E-state index in [0.29, 0.717) is 81.5 Å². The molecule has 0 aliphatic carbocycles. The first kappa shape index (κ1) is 95.6.